The fourth-order valence-electron chi connectivity index (χ4n) is 2.27. The Balaban J connectivity index is 2.06. The van der Waals surface area contributed by atoms with Gasteiger partial charge in [-0.1, -0.05) is 0 Å². The van der Waals surface area contributed by atoms with Gasteiger partial charge in [0.1, 0.15) is 0 Å². The van der Waals surface area contributed by atoms with Crippen molar-refractivity contribution in [3.8, 4) is 0 Å². The lowest BCUT2D eigenvalue weighted by Gasteiger charge is -2.06. The Kier molecular flexibility index (Phi) is 2.94. The molecule has 0 saturated carbocycles. The van der Waals surface area contributed by atoms with E-state index in [4.69, 9.17) is 0 Å². The van der Waals surface area contributed by atoms with E-state index < -0.39 is 20.0 Å². The smallest absolute Gasteiger partial charge is 0.271 e. The number of H-pyrrole nitrogens is 1. The van der Waals surface area contributed by atoms with E-state index in [1.165, 1.54) is 18.2 Å². The molecule has 3 rings (SSSR count). The zero-order valence-corrected chi connectivity index (χ0v) is 11.2. The second kappa shape index (κ2) is 4.53. The normalized spacial score (nSPS) is 19.5. The standard InChI is InChI=1S/C11H12N4O4S/c16-15(17)7-1-2-9-10(5-7)14-11(13-9)20(18,19)8-3-4-12-6-8/h1-2,5,8,12H,3-4,6H2,(H,13,14)/t8-/m0/s1. The van der Waals surface area contributed by atoms with E-state index in [-0.39, 0.29) is 10.8 Å². The predicted octanol–water partition coefficient (Wildman–Crippen LogP) is 0.607. The maximum Gasteiger partial charge on any atom is 0.271 e. The molecular formula is C11H12N4O4S. The minimum atomic E-state index is -3.53. The van der Waals surface area contributed by atoms with Gasteiger partial charge in [-0.3, -0.25) is 10.1 Å². The Morgan fingerprint density at radius 2 is 2.20 bits per heavy atom. The fraction of sp³-hybridized carbons (Fsp3) is 0.364. The quantitative estimate of drug-likeness (QED) is 0.632. The molecule has 1 atom stereocenters. The second-order valence-corrected chi connectivity index (χ2v) is 6.80. The first-order valence-corrected chi connectivity index (χ1v) is 7.62. The first kappa shape index (κ1) is 13.0. The average molecular weight is 296 g/mol. The Hall–Kier alpha value is -2.00. The number of hydrogen-bond donors (Lipinski definition) is 2. The van der Waals surface area contributed by atoms with Crippen molar-refractivity contribution >= 4 is 26.6 Å². The first-order valence-electron chi connectivity index (χ1n) is 6.07. The van der Waals surface area contributed by atoms with Crippen molar-refractivity contribution < 1.29 is 13.3 Å². The molecule has 106 valence electrons. The van der Waals surface area contributed by atoms with Crippen LogP contribution in [0.15, 0.2) is 23.4 Å². The van der Waals surface area contributed by atoms with E-state index in [2.05, 4.69) is 15.3 Å². The zero-order valence-electron chi connectivity index (χ0n) is 10.4. The summed E-state index contributed by atoms with van der Waals surface area (Å²) >= 11 is 0. The van der Waals surface area contributed by atoms with Crippen LogP contribution in [0, 0.1) is 10.1 Å². The van der Waals surface area contributed by atoms with Gasteiger partial charge in [0.25, 0.3) is 5.69 Å². The van der Waals surface area contributed by atoms with Crippen molar-refractivity contribution in [3.05, 3.63) is 28.3 Å². The zero-order chi connectivity index (χ0) is 14.3. The molecule has 1 aliphatic rings. The Morgan fingerprint density at radius 1 is 1.40 bits per heavy atom. The number of aromatic nitrogens is 2. The maximum atomic E-state index is 12.4. The van der Waals surface area contributed by atoms with Crippen molar-refractivity contribution in [2.75, 3.05) is 13.1 Å². The summed E-state index contributed by atoms with van der Waals surface area (Å²) < 4.78 is 24.7. The number of aromatic amines is 1. The summed E-state index contributed by atoms with van der Waals surface area (Å²) in [6, 6.07) is 4.03. The summed E-state index contributed by atoms with van der Waals surface area (Å²) in [5, 5.41) is 13.1. The number of rotatable bonds is 3. The largest absolute Gasteiger partial charge is 0.329 e. The van der Waals surface area contributed by atoms with E-state index in [0.29, 0.717) is 30.5 Å². The molecule has 9 heteroatoms. The van der Waals surface area contributed by atoms with Crippen LogP contribution in [-0.4, -0.2) is 41.6 Å². The molecule has 1 saturated heterocycles. The predicted molar refractivity (Wildman–Crippen MR) is 71.2 cm³/mol. The molecule has 2 N–H and O–H groups in total. The van der Waals surface area contributed by atoms with Gasteiger partial charge in [-0.25, -0.2) is 13.4 Å². The van der Waals surface area contributed by atoms with Crippen LogP contribution in [0.3, 0.4) is 0 Å². The number of nitrogens with one attached hydrogen (secondary N) is 2. The summed E-state index contributed by atoms with van der Waals surface area (Å²) in [5.41, 5.74) is 0.650. The maximum absolute atomic E-state index is 12.4. The molecule has 2 heterocycles. The second-order valence-electron chi connectivity index (χ2n) is 4.66. The molecule has 8 nitrogen and oxygen atoms in total. The number of hydrogen-bond acceptors (Lipinski definition) is 6. The topological polar surface area (TPSA) is 118 Å². The summed E-state index contributed by atoms with van der Waals surface area (Å²) in [6.07, 6.45) is 0.541. The van der Waals surface area contributed by atoms with Crippen LogP contribution >= 0.6 is 0 Å². The van der Waals surface area contributed by atoms with E-state index in [9.17, 15) is 18.5 Å². The van der Waals surface area contributed by atoms with Crippen LogP contribution in [0.2, 0.25) is 0 Å². The van der Waals surface area contributed by atoms with Gasteiger partial charge in [-0.05, 0) is 19.0 Å². The molecule has 2 aromatic rings. The summed E-state index contributed by atoms with van der Waals surface area (Å²) in [4.78, 5) is 16.9. The van der Waals surface area contributed by atoms with E-state index in [1.54, 1.807) is 0 Å². The number of nitro benzene ring substituents is 1. The number of non-ortho nitro benzene ring substituents is 1. The molecule has 0 radical (unpaired) electrons. The lowest BCUT2D eigenvalue weighted by Crippen LogP contribution is -2.24. The lowest BCUT2D eigenvalue weighted by molar-refractivity contribution is -0.384. The van der Waals surface area contributed by atoms with Crippen molar-refractivity contribution in [3.63, 3.8) is 0 Å². The van der Waals surface area contributed by atoms with Gasteiger partial charge in [0.2, 0.25) is 15.0 Å². The van der Waals surface area contributed by atoms with E-state index >= 15 is 0 Å². The molecule has 1 aliphatic heterocycles. The van der Waals surface area contributed by atoms with Crippen molar-refractivity contribution in [1.82, 2.24) is 15.3 Å². The third kappa shape index (κ3) is 2.04. The summed E-state index contributed by atoms with van der Waals surface area (Å²) in [7, 11) is -3.53. The van der Waals surface area contributed by atoms with Crippen LogP contribution < -0.4 is 5.32 Å². The molecule has 0 aliphatic carbocycles. The number of nitrogens with zero attached hydrogens (tertiary/aromatic N) is 2. The van der Waals surface area contributed by atoms with Gasteiger partial charge in [0.05, 0.1) is 21.2 Å². The van der Waals surface area contributed by atoms with Gasteiger partial charge in [-0.2, -0.15) is 0 Å². The third-order valence-corrected chi connectivity index (χ3v) is 5.39. The number of benzene rings is 1. The van der Waals surface area contributed by atoms with Gasteiger partial charge < -0.3 is 10.3 Å². The molecule has 0 bridgehead atoms. The third-order valence-electron chi connectivity index (χ3n) is 3.38. The number of imidazole rings is 1. The van der Waals surface area contributed by atoms with Crippen molar-refractivity contribution in [2.24, 2.45) is 0 Å². The molecule has 0 spiro atoms. The highest BCUT2D eigenvalue weighted by molar-refractivity contribution is 7.91. The molecule has 1 aromatic heterocycles. The molecule has 0 amide bonds. The average Bonchev–Trinajstić information content (AvgIpc) is 3.07. The fourth-order valence-corrected chi connectivity index (χ4v) is 3.83. The SMILES string of the molecule is O=[N+]([O-])c1ccc2nc(S(=O)(=O)[C@H]3CCNC3)[nH]c2c1. The monoisotopic (exact) mass is 296 g/mol. The number of fused-ring (bicyclic) bond motifs is 1. The molecule has 20 heavy (non-hydrogen) atoms. The van der Waals surface area contributed by atoms with Gasteiger partial charge in [0.15, 0.2) is 0 Å². The highest BCUT2D eigenvalue weighted by atomic mass is 32.2. The summed E-state index contributed by atoms with van der Waals surface area (Å²) in [6.45, 7) is 1.06. The van der Waals surface area contributed by atoms with Gasteiger partial charge >= 0.3 is 0 Å². The number of sulfone groups is 1. The van der Waals surface area contributed by atoms with Gasteiger partial charge in [-0.15, -0.1) is 0 Å². The Bertz CT molecular complexity index is 777. The van der Waals surface area contributed by atoms with Crippen molar-refractivity contribution in [2.45, 2.75) is 16.8 Å². The van der Waals surface area contributed by atoms with Crippen LogP contribution in [0.4, 0.5) is 5.69 Å². The van der Waals surface area contributed by atoms with E-state index in [1.807, 2.05) is 0 Å². The van der Waals surface area contributed by atoms with Gasteiger partial charge in [0, 0.05) is 18.7 Å². The van der Waals surface area contributed by atoms with Crippen LogP contribution in [0.25, 0.3) is 11.0 Å². The van der Waals surface area contributed by atoms with E-state index in [0.717, 1.165) is 0 Å². The number of nitro groups is 1. The van der Waals surface area contributed by atoms with Crippen LogP contribution in [0.1, 0.15) is 6.42 Å². The molecular weight excluding hydrogens is 284 g/mol. The first-order chi connectivity index (χ1) is 9.48. The Labute approximate surface area is 114 Å². The Morgan fingerprint density at radius 3 is 2.85 bits per heavy atom. The highest BCUT2D eigenvalue weighted by Crippen LogP contribution is 2.23. The minimum absolute atomic E-state index is 0.104. The van der Waals surface area contributed by atoms with Crippen molar-refractivity contribution in [1.29, 1.82) is 0 Å². The molecule has 1 aromatic carbocycles. The molecule has 0 unspecified atom stereocenters. The van der Waals surface area contributed by atoms with Crippen LogP contribution in [-0.2, 0) is 9.84 Å². The molecule has 1 fully saturated rings. The minimum Gasteiger partial charge on any atom is -0.329 e. The summed E-state index contributed by atoms with van der Waals surface area (Å²) in [5.74, 6) is 0. The van der Waals surface area contributed by atoms with Crippen LogP contribution in [0.5, 0.6) is 0 Å². The highest BCUT2D eigenvalue weighted by Gasteiger charge is 2.32. The lowest BCUT2D eigenvalue weighted by atomic mass is 10.3.